The molecule has 0 radical (unpaired) electrons. The van der Waals surface area contributed by atoms with Crippen LogP contribution in [0.3, 0.4) is 0 Å². The summed E-state index contributed by atoms with van der Waals surface area (Å²) in [5.74, 6) is 0. The molecule has 98 valence electrons. The van der Waals surface area contributed by atoms with Crippen molar-refractivity contribution in [2.24, 2.45) is 0 Å². The van der Waals surface area contributed by atoms with E-state index in [-0.39, 0.29) is 0 Å². The van der Waals surface area contributed by atoms with Crippen LogP contribution in [0, 0.1) is 0 Å². The summed E-state index contributed by atoms with van der Waals surface area (Å²) in [6.07, 6.45) is 6.11. The van der Waals surface area contributed by atoms with Crippen molar-refractivity contribution in [1.82, 2.24) is 4.31 Å². The third kappa shape index (κ3) is 2.57. The van der Waals surface area contributed by atoms with Gasteiger partial charge in [0.25, 0.3) is 0 Å². The van der Waals surface area contributed by atoms with E-state index >= 15 is 0 Å². The van der Waals surface area contributed by atoms with Gasteiger partial charge in [-0.1, -0.05) is 24.3 Å². The average molecular weight is 266 g/mol. The molecule has 0 heterocycles. The van der Waals surface area contributed by atoms with E-state index < -0.39 is 10.0 Å². The van der Waals surface area contributed by atoms with Crippen LogP contribution >= 0.6 is 0 Å². The first-order valence-electron chi connectivity index (χ1n) is 5.95. The zero-order valence-electron chi connectivity index (χ0n) is 10.6. The third-order valence-electron chi connectivity index (χ3n) is 3.01. The number of nitrogens with one attached hydrogen (secondary N) is 1. The van der Waals surface area contributed by atoms with Crippen LogP contribution in [0.4, 0.5) is 5.69 Å². The summed E-state index contributed by atoms with van der Waals surface area (Å²) < 4.78 is 25.6. The van der Waals surface area contributed by atoms with Gasteiger partial charge < -0.3 is 5.32 Å². The molecule has 0 fully saturated rings. The lowest BCUT2D eigenvalue weighted by Crippen LogP contribution is -2.24. The highest BCUT2D eigenvalue weighted by Gasteiger charge is 2.22. The van der Waals surface area contributed by atoms with Crippen molar-refractivity contribution in [3.63, 3.8) is 0 Å². The fourth-order valence-corrected chi connectivity index (χ4v) is 3.01. The van der Waals surface area contributed by atoms with Crippen molar-refractivity contribution >= 4 is 15.7 Å². The van der Waals surface area contributed by atoms with Gasteiger partial charge in [0.1, 0.15) is 4.90 Å². The Hall–Kier alpha value is -1.33. The Labute approximate surface area is 108 Å². The Morgan fingerprint density at radius 3 is 2.39 bits per heavy atom. The lowest BCUT2D eigenvalue weighted by Gasteiger charge is -2.19. The van der Waals surface area contributed by atoms with E-state index in [1.165, 1.54) is 4.31 Å². The van der Waals surface area contributed by atoms with Gasteiger partial charge in [-0.3, -0.25) is 0 Å². The smallest absolute Gasteiger partial charge is 0.244 e. The Kier molecular flexibility index (Phi) is 3.73. The number of anilines is 1. The summed E-state index contributed by atoms with van der Waals surface area (Å²) in [7, 11) is -0.309. The molecule has 1 aliphatic rings. The minimum absolute atomic E-state index is 0.295. The van der Waals surface area contributed by atoms with E-state index in [1.807, 2.05) is 12.1 Å². The minimum atomic E-state index is -3.40. The van der Waals surface area contributed by atoms with Crippen LogP contribution < -0.4 is 5.32 Å². The predicted octanol–water partition coefficient (Wildman–Crippen LogP) is 2.07. The van der Waals surface area contributed by atoms with Crippen molar-refractivity contribution in [2.45, 2.75) is 23.8 Å². The van der Waals surface area contributed by atoms with Gasteiger partial charge >= 0.3 is 0 Å². The van der Waals surface area contributed by atoms with Gasteiger partial charge in [0, 0.05) is 20.1 Å². The first kappa shape index (κ1) is 13.1. The molecule has 5 heteroatoms. The summed E-state index contributed by atoms with van der Waals surface area (Å²) in [4.78, 5) is 0.335. The second kappa shape index (κ2) is 5.12. The minimum Gasteiger partial charge on any atom is -0.381 e. The highest BCUT2D eigenvalue weighted by molar-refractivity contribution is 7.89. The Morgan fingerprint density at radius 1 is 1.17 bits per heavy atom. The van der Waals surface area contributed by atoms with Crippen molar-refractivity contribution in [2.75, 3.05) is 19.4 Å². The fraction of sp³-hybridized carbons (Fsp3) is 0.385. The first-order valence-corrected chi connectivity index (χ1v) is 7.39. The lowest BCUT2D eigenvalue weighted by molar-refractivity contribution is 0.521. The third-order valence-corrected chi connectivity index (χ3v) is 4.89. The van der Waals surface area contributed by atoms with Crippen LogP contribution in [-0.2, 0) is 10.0 Å². The molecule has 0 saturated heterocycles. The van der Waals surface area contributed by atoms with Crippen LogP contribution in [-0.4, -0.2) is 32.9 Å². The maximum Gasteiger partial charge on any atom is 0.244 e. The molecule has 0 aliphatic heterocycles. The van der Waals surface area contributed by atoms with E-state index in [2.05, 4.69) is 17.5 Å². The molecule has 1 aliphatic carbocycles. The molecule has 0 saturated carbocycles. The largest absolute Gasteiger partial charge is 0.381 e. The molecule has 2 rings (SSSR count). The van der Waals surface area contributed by atoms with Crippen LogP contribution in [0.25, 0.3) is 0 Å². The fourth-order valence-electron chi connectivity index (χ4n) is 1.96. The molecule has 18 heavy (non-hydrogen) atoms. The molecule has 1 aromatic carbocycles. The van der Waals surface area contributed by atoms with Crippen LogP contribution in [0.15, 0.2) is 41.3 Å². The summed E-state index contributed by atoms with van der Waals surface area (Å²) in [6, 6.07) is 7.34. The normalized spacial score (nSPS) is 16.4. The number of hydrogen-bond acceptors (Lipinski definition) is 3. The van der Waals surface area contributed by atoms with Crippen LogP contribution in [0.2, 0.25) is 0 Å². The molecule has 1 aromatic rings. The van der Waals surface area contributed by atoms with Crippen molar-refractivity contribution in [3.05, 3.63) is 36.4 Å². The van der Waals surface area contributed by atoms with Crippen molar-refractivity contribution < 1.29 is 8.42 Å². The van der Waals surface area contributed by atoms with Gasteiger partial charge in [0.05, 0.1) is 5.69 Å². The molecule has 1 N–H and O–H groups in total. The van der Waals surface area contributed by atoms with E-state index in [0.717, 1.165) is 12.8 Å². The second-order valence-electron chi connectivity index (χ2n) is 4.57. The van der Waals surface area contributed by atoms with Gasteiger partial charge in [-0.25, -0.2) is 12.7 Å². The summed E-state index contributed by atoms with van der Waals surface area (Å²) in [5, 5.41) is 3.30. The molecule has 0 atom stereocenters. The van der Waals surface area contributed by atoms with Crippen LogP contribution in [0.5, 0.6) is 0 Å². The summed E-state index contributed by atoms with van der Waals surface area (Å²) in [5.41, 5.74) is 0.680. The Balaban J connectivity index is 2.31. The van der Waals surface area contributed by atoms with Gasteiger partial charge in [-0.2, -0.15) is 0 Å². The number of nitrogens with zero attached hydrogens (tertiary/aromatic N) is 1. The Bertz CT molecular complexity index is 542. The molecular weight excluding hydrogens is 248 g/mol. The second-order valence-corrected chi connectivity index (χ2v) is 6.69. The van der Waals surface area contributed by atoms with Crippen molar-refractivity contribution in [1.29, 1.82) is 0 Å². The number of benzene rings is 1. The quantitative estimate of drug-likeness (QED) is 0.849. The predicted molar refractivity (Wildman–Crippen MR) is 73.1 cm³/mol. The topological polar surface area (TPSA) is 49.4 Å². The zero-order valence-corrected chi connectivity index (χ0v) is 11.4. The standard InChI is InChI=1S/C13H18N2O2S/c1-15(2)18(16,17)13-10-6-5-9-12(13)14-11-7-3-4-8-11/h3-6,9-11,14H,7-8H2,1-2H3. The van der Waals surface area contributed by atoms with Gasteiger partial charge in [0.15, 0.2) is 0 Å². The molecule has 0 spiro atoms. The highest BCUT2D eigenvalue weighted by atomic mass is 32.2. The van der Waals surface area contributed by atoms with Gasteiger partial charge in [0.2, 0.25) is 10.0 Å². The number of rotatable bonds is 4. The Morgan fingerprint density at radius 2 is 1.78 bits per heavy atom. The molecule has 4 nitrogen and oxygen atoms in total. The molecule has 0 unspecified atom stereocenters. The SMILES string of the molecule is CN(C)S(=O)(=O)c1ccccc1NC1CC=CC1. The van der Waals surface area contributed by atoms with Crippen LogP contribution in [0.1, 0.15) is 12.8 Å². The maximum absolute atomic E-state index is 12.2. The number of hydrogen-bond donors (Lipinski definition) is 1. The molecule has 0 amide bonds. The average Bonchev–Trinajstić information content (AvgIpc) is 2.82. The van der Waals surface area contributed by atoms with E-state index in [1.54, 1.807) is 26.2 Å². The van der Waals surface area contributed by atoms with Crippen molar-refractivity contribution in [3.8, 4) is 0 Å². The maximum atomic E-state index is 12.2. The van der Waals surface area contributed by atoms with E-state index in [4.69, 9.17) is 0 Å². The summed E-state index contributed by atoms with van der Waals surface area (Å²) in [6.45, 7) is 0. The zero-order chi connectivity index (χ0) is 13.2. The number of sulfonamides is 1. The summed E-state index contributed by atoms with van der Waals surface area (Å²) >= 11 is 0. The molecule has 0 bridgehead atoms. The molecule has 0 aromatic heterocycles. The van der Waals surface area contributed by atoms with Gasteiger partial charge in [-0.05, 0) is 25.0 Å². The van der Waals surface area contributed by atoms with E-state index in [9.17, 15) is 8.42 Å². The highest BCUT2D eigenvalue weighted by Crippen LogP contribution is 2.25. The lowest BCUT2D eigenvalue weighted by atomic mass is 10.2. The van der Waals surface area contributed by atoms with E-state index in [0.29, 0.717) is 16.6 Å². The molecular formula is C13H18N2O2S. The van der Waals surface area contributed by atoms with Gasteiger partial charge in [-0.15, -0.1) is 0 Å². The monoisotopic (exact) mass is 266 g/mol. The first-order chi connectivity index (χ1) is 8.51. The number of para-hydroxylation sites is 1.